The van der Waals surface area contributed by atoms with E-state index in [4.69, 9.17) is 4.74 Å². The first kappa shape index (κ1) is 13.4. The minimum Gasteiger partial charge on any atom is -0.456 e. The third-order valence-corrected chi connectivity index (χ3v) is 2.96. The lowest BCUT2D eigenvalue weighted by molar-refractivity contribution is -0.137. The Bertz CT molecular complexity index is 784. The highest BCUT2D eigenvalue weighted by Crippen LogP contribution is 2.32. The highest BCUT2D eigenvalue weighted by atomic mass is 19.4. The first-order valence-electron chi connectivity index (χ1n) is 6.22. The molecule has 0 N–H and O–H groups in total. The molecule has 0 amide bonds. The Hall–Kier alpha value is -2.56. The number of hydrogen-bond donors (Lipinski definition) is 0. The number of rotatable bonds is 2. The van der Waals surface area contributed by atoms with E-state index in [1.807, 2.05) is 24.3 Å². The Morgan fingerprint density at radius 1 is 0.857 bits per heavy atom. The topological polar surface area (TPSA) is 22.1 Å². The lowest BCUT2D eigenvalue weighted by Gasteiger charge is -2.10. The van der Waals surface area contributed by atoms with Crippen LogP contribution in [-0.4, -0.2) is 4.98 Å². The van der Waals surface area contributed by atoms with Crippen LogP contribution in [0, 0.1) is 0 Å². The van der Waals surface area contributed by atoms with E-state index >= 15 is 0 Å². The van der Waals surface area contributed by atoms with Crippen molar-refractivity contribution in [2.75, 3.05) is 0 Å². The lowest BCUT2D eigenvalue weighted by atomic mass is 10.2. The molecule has 1 aromatic heterocycles. The summed E-state index contributed by atoms with van der Waals surface area (Å²) < 4.78 is 43.4. The van der Waals surface area contributed by atoms with Gasteiger partial charge in [-0.3, -0.25) is 4.98 Å². The third-order valence-electron chi connectivity index (χ3n) is 2.96. The zero-order chi connectivity index (χ0) is 14.9. The van der Waals surface area contributed by atoms with Gasteiger partial charge in [0.15, 0.2) is 0 Å². The van der Waals surface area contributed by atoms with Crippen LogP contribution in [0.25, 0.3) is 10.9 Å². The molecule has 2 aromatic carbocycles. The maximum Gasteiger partial charge on any atom is 0.416 e. The van der Waals surface area contributed by atoms with Crippen LogP contribution < -0.4 is 4.74 Å². The maximum atomic E-state index is 12.6. The Balaban J connectivity index is 1.91. The Morgan fingerprint density at radius 3 is 2.48 bits per heavy atom. The number of hydrogen-bond acceptors (Lipinski definition) is 2. The molecule has 0 unspecified atom stereocenters. The van der Waals surface area contributed by atoms with Gasteiger partial charge in [0.05, 0.1) is 17.3 Å². The molecule has 0 bridgehead atoms. The summed E-state index contributed by atoms with van der Waals surface area (Å²) in [7, 11) is 0. The molecule has 0 aliphatic rings. The maximum absolute atomic E-state index is 12.6. The van der Waals surface area contributed by atoms with Crippen molar-refractivity contribution in [2.45, 2.75) is 6.18 Å². The number of alkyl halides is 3. The molecule has 3 aromatic rings. The smallest absolute Gasteiger partial charge is 0.416 e. The molecule has 0 aliphatic heterocycles. The van der Waals surface area contributed by atoms with Crippen molar-refractivity contribution in [3.63, 3.8) is 0 Å². The number of ether oxygens (including phenoxy) is 1. The molecule has 0 fully saturated rings. The average Bonchev–Trinajstić information content (AvgIpc) is 2.46. The van der Waals surface area contributed by atoms with E-state index in [2.05, 4.69) is 4.98 Å². The number of para-hydroxylation sites is 1. The van der Waals surface area contributed by atoms with Crippen molar-refractivity contribution in [3.05, 3.63) is 66.4 Å². The van der Waals surface area contributed by atoms with E-state index < -0.39 is 11.7 Å². The monoisotopic (exact) mass is 289 g/mol. The highest BCUT2D eigenvalue weighted by molar-refractivity contribution is 5.79. The van der Waals surface area contributed by atoms with E-state index in [9.17, 15) is 13.2 Å². The quantitative estimate of drug-likeness (QED) is 0.659. The van der Waals surface area contributed by atoms with Crippen molar-refractivity contribution in [2.24, 2.45) is 0 Å². The zero-order valence-corrected chi connectivity index (χ0v) is 10.8. The van der Waals surface area contributed by atoms with Crippen LogP contribution in [0.2, 0.25) is 0 Å². The van der Waals surface area contributed by atoms with E-state index in [0.717, 1.165) is 23.0 Å². The number of aromatic nitrogens is 1. The lowest BCUT2D eigenvalue weighted by Crippen LogP contribution is -2.04. The summed E-state index contributed by atoms with van der Waals surface area (Å²) in [6.07, 6.45) is -2.90. The van der Waals surface area contributed by atoms with Crippen molar-refractivity contribution >= 4 is 10.9 Å². The molecule has 2 nitrogen and oxygen atoms in total. The first-order valence-corrected chi connectivity index (χ1v) is 6.22. The van der Waals surface area contributed by atoms with Gasteiger partial charge in [-0.2, -0.15) is 13.2 Å². The molecule has 106 valence electrons. The van der Waals surface area contributed by atoms with E-state index in [1.54, 1.807) is 6.07 Å². The Kier molecular flexibility index (Phi) is 3.25. The molecule has 5 heteroatoms. The fourth-order valence-corrected chi connectivity index (χ4v) is 1.98. The summed E-state index contributed by atoms with van der Waals surface area (Å²) in [5.41, 5.74) is 0.0580. The standard InChI is InChI=1S/C16H10F3NO/c17-16(18,19)12-5-3-6-13(9-12)21-14-8-11-4-1-2-7-15(11)20-10-14/h1-10H. The number of fused-ring (bicyclic) bond motifs is 1. The van der Waals surface area contributed by atoms with Crippen molar-refractivity contribution < 1.29 is 17.9 Å². The minimum atomic E-state index is -4.39. The molecule has 21 heavy (non-hydrogen) atoms. The fourth-order valence-electron chi connectivity index (χ4n) is 1.98. The van der Waals surface area contributed by atoms with Crippen LogP contribution in [-0.2, 0) is 6.18 Å². The van der Waals surface area contributed by atoms with Gasteiger partial charge in [0.1, 0.15) is 11.5 Å². The molecular weight excluding hydrogens is 279 g/mol. The SMILES string of the molecule is FC(F)(F)c1cccc(Oc2cnc3ccccc3c2)c1. The van der Waals surface area contributed by atoms with Crippen molar-refractivity contribution in [1.29, 1.82) is 0 Å². The summed E-state index contributed by atoms with van der Waals surface area (Å²) in [5.74, 6) is 0.523. The van der Waals surface area contributed by atoms with Crippen LogP contribution in [0.4, 0.5) is 13.2 Å². The zero-order valence-electron chi connectivity index (χ0n) is 10.8. The van der Waals surface area contributed by atoms with Crippen LogP contribution in [0.3, 0.4) is 0 Å². The molecule has 0 saturated heterocycles. The van der Waals surface area contributed by atoms with Crippen molar-refractivity contribution in [3.8, 4) is 11.5 Å². The predicted molar refractivity (Wildman–Crippen MR) is 73.3 cm³/mol. The molecule has 0 saturated carbocycles. The molecule has 0 atom stereocenters. The number of pyridine rings is 1. The molecule has 3 rings (SSSR count). The Labute approximate surface area is 118 Å². The summed E-state index contributed by atoms with van der Waals surface area (Å²) in [5, 5.41) is 0.863. The summed E-state index contributed by atoms with van der Waals surface area (Å²) in [6.45, 7) is 0. The first-order chi connectivity index (χ1) is 10.0. The third kappa shape index (κ3) is 2.97. The van der Waals surface area contributed by atoms with Gasteiger partial charge in [0.2, 0.25) is 0 Å². The van der Waals surface area contributed by atoms with E-state index in [-0.39, 0.29) is 5.75 Å². The van der Waals surface area contributed by atoms with Gasteiger partial charge < -0.3 is 4.74 Å². The van der Waals surface area contributed by atoms with Gasteiger partial charge in [-0.1, -0.05) is 24.3 Å². The van der Waals surface area contributed by atoms with Crippen LogP contribution >= 0.6 is 0 Å². The summed E-state index contributed by atoms with van der Waals surface area (Å²) in [6, 6.07) is 13.9. The normalized spacial score (nSPS) is 11.6. The second kappa shape index (κ2) is 5.09. The van der Waals surface area contributed by atoms with Crippen LogP contribution in [0.5, 0.6) is 11.5 Å². The molecule has 0 radical (unpaired) electrons. The van der Waals surface area contributed by atoms with Crippen LogP contribution in [0.1, 0.15) is 5.56 Å². The second-order valence-electron chi connectivity index (χ2n) is 4.49. The van der Waals surface area contributed by atoms with Gasteiger partial charge in [0, 0.05) is 5.39 Å². The summed E-state index contributed by atoms with van der Waals surface area (Å²) >= 11 is 0. The summed E-state index contributed by atoms with van der Waals surface area (Å²) in [4.78, 5) is 4.20. The number of benzene rings is 2. The fraction of sp³-hybridized carbons (Fsp3) is 0.0625. The van der Waals surface area contributed by atoms with Gasteiger partial charge in [-0.15, -0.1) is 0 Å². The molecule has 1 heterocycles. The van der Waals surface area contributed by atoms with Crippen LogP contribution in [0.15, 0.2) is 60.8 Å². The van der Waals surface area contributed by atoms with Gasteiger partial charge in [0.25, 0.3) is 0 Å². The Morgan fingerprint density at radius 2 is 1.67 bits per heavy atom. The number of halogens is 3. The predicted octanol–water partition coefficient (Wildman–Crippen LogP) is 5.05. The molecule has 0 aliphatic carbocycles. The van der Waals surface area contributed by atoms with E-state index in [1.165, 1.54) is 18.3 Å². The highest BCUT2D eigenvalue weighted by Gasteiger charge is 2.30. The number of nitrogens with zero attached hydrogens (tertiary/aromatic N) is 1. The van der Waals surface area contributed by atoms with Gasteiger partial charge in [-0.25, -0.2) is 0 Å². The average molecular weight is 289 g/mol. The second-order valence-corrected chi connectivity index (χ2v) is 4.49. The van der Waals surface area contributed by atoms with Gasteiger partial charge in [-0.05, 0) is 30.3 Å². The van der Waals surface area contributed by atoms with Gasteiger partial charge >= 0.3 is 6.18 Å². The molecular formula is C16H10F3NO. The van der Waals surface area contributed by atoms with E-state index in [0.29, 0.717) is 5.75 Å². The van der Waals surface area contributed by atoms with Crippen molar-refractivity contribution in [1.82, 2.24) is 4.98 Å². The largest absolute Gasteiger partial charge is 0.456 e. The minimum absolute atomic E-state index is 0.127. The molecule has 0 spiro atoms.